The van der Waals surface area contributed by atoms with Gasteiger partial charge in [0, 0.05) is 41.6 Å². The van der Waals surface area contributed by atoms with Crippen LogP contribution in [0.1, 0.15) is 29.8 Å². The molecule has 1 aliphatic heterocycles. The molecular weight excluding hydrogens is 404 g/mol. The molecule has 2 aromatic rings. The summed E-state index contributed by atoms with van der Waals surface area (Å²) in [5, 5.41) is 4.08. The molecule has 1 N–H and O–H groups in total. The highest BCUT2D eigenvalue weighted by Crippen LogP contribution is 2.28. The highest BCUT2D eigenvalue weighted by molar-refractivity contribution is 7.89. The molecular formula is C21H26N4O4S. The van der Waals surface area contributed by atoms with E-state index in [1.807, 2.05) is 30.5 Å². The number of morpholine rings is 1. The zero-order chi connectivity index (χ0) is 21.3. The largest absolute Gasteiger partial charge is 0.379 e. The quantitative estimate of drug-likeness (QED) is 0.560. The fraction of sp³-hybridized carbons (Fsp3) is 0.429. The molecule has 8 nitrogen and oxygen atoms in total. The molecule has 1 saturated carbocycles. The minimum atomic E-state index is -3.57. The molecule has 1 aromatic carbocycles. The molecule has 9 heteroatoms. The summed E-state index contributed by atoms with van der Waals surface area (Å²) in [6.07, 6.45) is 3.49. The SMILES string of the molecule is Cc1cc(/C=N\NC(=O)C2CC2)c(C)n1-c1cccc(S(=O)(=O)N2CCOCC2)c1. The second-order valence-corrected chi connectivity index (χ2v) is 9.62. The van der Waals surface area contributed by atoms with Crippen LogP contribution in [-0.2, 0) is 19.6 Å². The zero-order valence-electron chi connectivity index (χ0n) is 17.2. The summed E-state index contributed by atoms with van der Waals surface area (Å²) >= 11 is 0. The van der Waals surface area contributed by atoms with Gasteiger partial charge >= 0.3 is 0 Å². The molecule has 1 saturated heterocycles. The van der Waals surface area contributed by atoms with Crippen LogP contribution in [0.3, 0.4) is 0 Å². The maximum absolute atomic E-state index is 13.0. The van der Waals surface area contributed by atoms with E-state index in [4.69, 9.17) is 4.74 Å². The van der Waals surface area contributed by atoms with Gasteiger partial charge in [-0.2, -0.15) is 9.41 Å². The monoisotopic (exact) mass is 430 g/mol. The Morgan fingerprint density at radius 2 is 1.93 bits per heavy atom. The van der Waals surface area contributed by atoms with Crippen LogP contribution in [0.15, 0.2) is 40.3 Å². The number of rotatable bonds is 6. The van der Waals surface area contributed by atoms with E-state index in [-0.39, 0.29) is 16.7 Å². The van der Waals surface area contributed by atoms with Crippen molar-refractivity contribution >= 4 is 22.1 Å². The smallest absolute Gasteiger partial charge is 0.243 e. The van der Waals surface area contributed by atoms with Crippen molar-refractivity contribution in [2.45, 2.75) is 31.6 Å². The van der Waals surface area contributed by atoms with E-state index in [0.29, 0.717) is 26.3 Å². The Bertz CT molecular complexity index is 1080. The second kappa shape index (κ2) is 8.33. The van der Waals surface area contributed by atoms with E-state index in [1.54, 1.807) is 24.4 Å². The number of aryl methyl sites for hydroxylation is 1. The van der Waals surface area contributed by atoms with Crippen molar-refractivity contribution in [2.24, 2.45) is 11.0 Å². The number of amides is 1. The molecule has 1 aromatic heterocycles. The average Bonchev–Trinajstić information content (AvgIpc) is 3.55. The van der Waals surface area contributed by atoms with Gasteiger partial charge in [0.15, 0.2) is 0 Å². The van der Waals surface area contributed by atoms with Crippen LogP contribution in [0.4, 0.5) is 0 Å². The highest BCUT2D eigenvalue weighted by atomic mass is 32.2. The van der Waals surface area contributed by atoms with Gasteiger partial charge in [0.05, 0.1) is 24.3 Å². The average molecular weight is 431 g/mol. The van der Waals surface area contributed by atoms with E-state index in [2.05, 4.69) is 10.5 Å². The van der Waals surface area contributed by atoms with E-state index in [9.17, 15) is 13.2 Å². The van der Waals surface area contributed by atoms with E-state index < -0.39 is 10.0 Å². The predicted molar refractivity (Wildman–Crippen MR) is 113 cm³/mol. The Morgan fingerprint density at radius 1 is 1.20 bits per heavy atom. The molecule has 30 heavy (non-hydrogen) atoms. The second-order valence-electron chi connectivity index (χ2n) is 7.68. The summed E-state index contributed by atoms with van der Waals surface area (Å²) in [4.78, 5) is 12.0. The van der Waals surface area contributed by atoms with Gasteiger partial charge in [0.2, 0.25) is 15.9 Å². The van der Waals surface area contributed by atoms with Crippen molar-refractivity contribution in [1.29, 1.82) is 0 Å². The third-order valence-electron chi connectivity index (χ3n) is 5.48. The highest BCUT2D eigenvalue weighted by Gasteiger charge is 2.29. The normalized spacial score (nSPS) is 18.1. The molecule has 2 heterocycles. The lowest BCUT2D eigenvalue weighted by Gasteiger charge is -2.26. The maximum atomic E-state index is 13.0. The summed E-state index contributed by atoms with van der Waals surface area (Å²) in [6, 6.07) is 8.92. The molecule has 2 fully saturated rings. The first-order chi connectivity index (χ1) is 14.4. The Kier molecular flexibility index (Phi) is 5.77. The number of carbonyl (C=O) groups is 1. The van der Waals surface area contributed by atoms with Crippen molar-refractivity contribution in [3.63, 3.8) is 0 Å². The van der Waals surface area contributed by atoms with Gasteiger partial charge in [0.1, 0.15) is 0 Å². The Balaban J connectivity index is 1.59. The van der Waals surface area contributed by atoms with Crippen molar-refractivity contribution < 1.29 is 17.9 Å². The molecule has 0 unspecified atom stereocenters. The number of hydrogen-bond donors (Lipinski definition) is 1. The van der Waals surface area contributed by atoms with Crippen molar-refractivity contribution in [3.05, 3.63) is 47.3 Å². The molecule has 0 spiro atoms. The Morgan fingerprint density at radius 3 is 2.63 bits per heavy atom. The van der Waals surface area contributed by atoms with Crippen LogP contribution in [0.25, 0.3) is 5.69 Å². The van der Waals surface area contributed by atoms with E-state index in [0.717, 1.165) is 35.5 Å². The van der Waals surface area contributed by atoms with Gasteiger partial charge in [-0.15, -0.1) is 0 Å². The first-order valence-corrected chi connectivity index (χ1v) is 11.5. The lowest BCUT2D eigenvalue weighted by molar-refractivity contribution is -0.122. The third kappa shape index (κ3) is 4.19. The number of ether oxygens (including phenoxy) is 1. The summed E-state index contributed by atoms with van der Waals surface area (Å²) in [5.74, 6) is 0.0619. The molecule has 0 bridgehead atoms. The van der Waals surface area contributed by atoms with Crippen LogP contribution in [0.2, 0.25) is 0 Å². The number of benzene rings is 1. The third-order valence-corrected chi connectivity index (χ3v) is 7.38. The fourth-order valence-electron chi connectivity index (χ4n) is 3.64. The molecule has 2 aliphatic rings. The number of hydrazone groups is 1. The molecule has 1 aliphatic carbocycles. The van der Waals surface area contributed by atoms with Gasteiger partial charge in [0.25, 0.3) is 0 Å². The first kappa shape index (κ1) is 20.8. The number of nitrogens with zero attached hydrogens (tertiary/aromatic N) is 3. The zero-order valence-corrected chi connectivity index (χ0v) is 18.0. The first-order valence-electron chi connectivity index (χ1n) is 10.1. The summed E-state index contributed by atoms with van der Waals surface area (Å²) < 4.78 is 34.7. The van der Waals surface area contributed by atoms with Gasteiger partial charge in [-0.05, 0) is 51.0 Å². The number of nitrogens with one attached hydrogen (secondary N) is 1. The fourth-order valence-corrected chi connectivity index (χ4v) is 5.09. The molecule has 160 valence electrons. The van der Waals surface area contributed by atoms with Crippen LogP contribution in [0, 0.1) is 19.8 Å². The van der Waals surface area contributed by atoms with Gasteiger partial charge in [-0.25, -0.2) is 13.8 Å². The Labute approximate surface area is 176 Å². The minimum absolute atomic E-state index is 0.0407. The molecule has 4 rings (SSSR count). The molecule has 0 atom stereocenters. The number of aromatic nitrogens is 1. The van der Waals surface area contributed by atoms with Crippen LogP contribution < -0.4 is 5.43 Å². The number of sulfonamides is 1. The molecule has 0 radical (unpaired) electrons. The topological polar surface area (TPSA) is 93.0 Å². The maximum Gasteiger partial charge on any atom is 0.243 e. The molecule has 1 amide bonds. The lowest BCUT2D eigenvalue weighted by Crippen LogP contribution is -2.40. The van der Waals surface area contributed by atoms with Gasteiger partial charge in [-0.3, -0.25) is 4.79 Å². The lowest BCUT2D eigenvalue weighted by atomic mass is 10.2. The Hall–Kier alpha value is -2.49. The predicted octanol–water partition coefficient (Wildman–Crippen LogP) is 1.98. The summed E-state index contributed by atoms with van der Waals surface area (Å²) in [6.45, 7) is 5.45. The van der Waals surface area contributed by atoms with Crippen LogP contribution >= 0.6 is 0 Å². The van der Waals surface area contributed by atoms with Gasteiger partial charge in [-0.1, -0.05) is 6.07 Å². The summed E-state index contributed by atoms with van der Waals surface area (Å²) in [5.41, 5.74) is 6.07. The van der Waals surface area contributed by atoms with Crippen molar-refractivity contribution in [2.75, 3.05) is 26.3 Å². The van der Waals surface area contributed by atoms with Crippen molar-refractivity contribution in [3.8, 4) is 5.69 Å². The standard InChI is InChI=1S/C21H26N4O4S/c1-15-12-18(14-22-23-21(26)17-6-7-17)16(2)25(15)19-4-3-5-20(13-19)30(27,28)24-8-10-29-11-9-24/h3-5,12-14,17H,6-11H2,1-2H3,(H,23,26)/b22-14-. The number of hydrogen-bond acceptors (Lipinski definition) is 5. The van der Waals surface area contributed by atoms with Crippen LogP contribution in [-0.4, -0.2) is 55.7 Å². The minimum Gasteiger partial charge on any atom is -0.379 e. The van der Waals surface area contributed by atoms with Crippen LogP contribution in [0.5, 0.6) is 0 Å². The van der Waals surface area contributed by atoms with E-state index in [1.165, 1.54) is 4.31 Å². The van der Waals surface area contributed by atoms with Crippen molar-refractivity contribution in [1.82, 2.24) is 14.3 Å². The van der Waals surface area contributed by atoms with Gasteiger partial charge < -0.3 is 9.30 Å². The summed E-state index contributed by atoms with van der Waals surface area (Å²) in [7, 11) is -3.57. The van der Waals surface area contributed by atoms with E-state index >= 15 is 0 Å². The number of carbonyl (C=O) groups excluding carboxylic acids is 1.